The number of hydrogen-bond donors (Lipinski definition) is 3. The van der Waals surface area contributed by atoms with Crippen LogP contribution in [0.5, 0.6) is 0 Å². The molecule has 1 saturated heterocycles. The maximum Gasteiger partial charge on any atom is 0.294 e. The average Bonchev–Trinajstić information content (AvgIpc) is 2.72. The van der Waals surface area contributed by atoms with Crippen molar-refractivity contribution in [2.75, 3.05) is 5.88 Å². The molecule has 1 heterocycles. The molecule has 0 aromatic carbocycles. The molecule has 3 N–H and O–H groups in total. The van der Waals surface area contributed by atoms with Crippen molar-refractivity contribution < 1.29 is 24.5 Å². The molecule has 6 nitrogen and oxygen atoms in total. The molecular formula is C15H20ClNO5. The van der Waals surface area contributed by atoms with Crippen LogP contribution < -0.4 is 5.32 Å². The molecule has 0 aromatic heterocycles. The van der Waals surface area contributed by atoms with Crippen molar-refractivity contribution >= 4 is 24.0 Å². The molecule has 122 valence electrons. The summed E-state index contributed by atoms with van der Waals surface area (Å²) in [4.78, 5) is 23.0. The Hall–Kier alpha value is -1.37. The normalized spacial score (nSPS) is 35.0. The van der Waals surface area contributed by atoms with E-state index in [9.17, 15) is 19.8 Å². The Labute approximate surface area is 133 Å². The van der Waals surface area contributed by atoms with Gasteiger partial charge in [-0.25, -0.2) is 0 Å². The molecule has 0 bridgehead atoms. The van der Waals surface area contributed by atoms with E-state index in [1.54, 1.807) is 13.0 Å². The monoisotopic (exact) mass is 329 g/mol. The number of carbonyl (C=O) groups excluding carboxylic acids is 2. The fourth-order valence-corrected chi connectivity index (χ4v) is 3.28. The molecule has 0 spiro atoms. The van der Waals surface area contributed by atoms with Gasteiger partial charge in [-0.2, -0.15) is 0 Å². The van der Waals surface area contributed by atoms with Gasteiger partial charge in [0, 0.05) is 5.88 Å². The Morgan fingerprint density at radius 3 is 2.95 bits per heavy atom. The number of hydrogen-bond acceptors (Lipinski definition) is 5. The molecule has 1 aliphatic carbocycles. The van der Waals surface area contributed by atoms with E-state index in [1.807, 2.05) is 0 Å². The summed E-state index contributed by atoms with van der Waals surface area (Å²) in [5.74, 6) is -0.337. The first kappa shape index (κ1) is 17.0. The highest BCUT2D eigenvalue weighted by Crippen LogP contribution is 2.36. The summed E-state index contributed by atoms with van der Waals surface area (Å²) >= 11 is 5.66. The number of amides is 1. The van der Waals surface area contributed by atoms with E-state index in [2.05, 4.69) is 5.32 Å². The van der Waals surface area contributed by atoms with Gasteiger partial charge in [0.05, 0.1) is 17.8 Å². The maximum atomic E-state index is 12.1. The molecule has 4 atom stereocenters. The molecule has 1 amide bonds. The van der Waals surface area contributed by atoms with Crippen molar-refractivity contribution in [1.29, 1.82) is 0 Å². The van der Waals surface area contributed by atoms with Gasteiger partial charge in [0.15, 0.2) is 5.60 Å². The number of carbonyl (C=O) groups is 2. The number of nitrogens with one attached hydrogen (secondary N) is 1. The third-order valence-corrected chi connectivity index (χ3v) is 4.46. The van der Waals surface area contributed by atoms with Crippen molar-refractivity contribution in [2.24, 2.45) is 0 Å². The van der Waals surface area contributed by atoms with Gasteiger partial charge in [-0.15, -0.1) is 11.6 Å². The molecule has 22 heavy (non-hydrogen) atoms. The summed E-state index contributed by atoms with van der Waals surface area (Å²) in [6.45, 7) is 1.82. The number of halogens is 1. The molecule has 1 aliphatic heterocycles. The van der Waals surface area contributed by atoms with E-state index in [4.69, 9.17) is 16.3 Å². The fraction of sp³-hybridized carbons (Fsp3) is 0.600. The standard InChI is InChI=1S/C15H20ClNO5/c1-15(22-8-18)11(5-6-16)14(21)17-13(15)12(20)9-3-2-4-10(19)7-9/h5,7-8,10,12-13,19-20H,2-4,6H2,1H3,(H,17,21)/b11-5-/t10?,12?,13-,15+/m1/s1. The summed E-state index contributed by atoms with van der Waals surface area (Å²) in [6, 6.07) is -0.823. The molecule has 2 unspecified atom stereocenters. The summed E-state index contributed by atoms with van der Waals surface area (Å²) in [5.41, 5.74) is -0.455. The van der Waals surface area contributed by atoms with Crippen LogP contribution in [0.25, 0.3) is 0 Å². The summed E-state index contributed by atoms with van der Waals surface area (Å²) in [7, 11) is 0. The molecule has 1 fully saturated rings. The second-order valence-corrected chi connectivity index (χ2v) is 6.00. The van der Waals surface area contributed by atoms with Gasteiger partial charge in [0.1, 0.15) is 6.04 Å². The van der Waals surface area contributed by atoms with Crippen LogP contribution in [0, 0.1) is 0 Å². The highest BCUT2D eigenvalue weighted by atomic mass is 35.5. The highest BCUT2D eigenvalue weighted by molar-refractivity contribution is 6.19. The van der Waals surface area contributed by atoms with Crippen LogP contribution in [0.2, 0.25) is 0 Å². The van der Waals surface area contributed by atoms with E-state index in [1.165, 1.54) is 6.08 Å². The van der Waals surface area contributed by atoms with Crippen LogP contribution in [-0.2, 0) is 14.3 Å². The summed E-state index contributed by atoms with van der Waals surface area (Å²) in [5, 5.41) is 23.0. The predicted molar refractivity (Wildman–Crippen MR) is 80.2 cm³/mol. The van der Waals surface area contributed by atoms with Gasteiger partial charge in [-0.3, -0.25) is 9.59 Å². The second-order valence-electron chi connectivity index (χ2n) is 5.69. The van der Waals surface area contributed by atoms with Crippen LogP contribution in [0.3, 0.4) is 0 Å². The van der Waals surface area contributed by atoms with Crippen molar-refractivity contribution in [1.82, 2.24) is 5.32 Å². The van der Waals surface area contributed by atoms with Crippen LogP contribution in [0.15, 0.2) is 23.3 Å². The van der Waals surface area contributed by atoms with Gasteiger partial charge in [-0.1, -0.05) is 12.2 Å². The van der Waals surface area contributed by atoms with Crippen molar-refractivity contribution in [3.05, 3.63) is 23.3 Å². The highest BCUT2D eigenvalue weighted by Gasteiger charge is 2.53. The Morgan fingerprint density at radius 1 is 1.64 bits per heavy atom. The fourth-order valence-electron chi connectivity index (χ4n) is 3.13. The molecule has 2 aliphatic rings. The summed E-state index contributed by atoms with van der Waals surface area (Å²) in [6.07, 6.45) is 3.43. The lowest BCUT2D eigenvalue weighted by Gasteiger charge is -2.34. The van der Waals surface area contributed by atoms with E-state index < -0.39 is 29.8 Å². The lowest BCUT2D eigenvalue weighted by molar-refractivity contribution is -0.141. The van der Waals surface area contributed by atoms with E-state index in [-0.39, 0.29) is 17.9 Å². The number of ether oxygens (including phenoxy) is 1. The van der Waals surface area contributed by atoms with Gasteiger partial charge < -0.3 is 20.3 Å². The van der Waals surface area contributed by atoms with Crippen molar-refractivity contribution in [3.8, 4) is 0 Å². The minimum Gasteiger partial charge on any atom is -0.454 e. The minimum atomic E-state index is -1.31. The van der Waals surface area contributed by atoms with E-state index in [0.717, 1.165) is 6.42 Å². The van der Waals surface area contributed by atoms with Gasteiger partial charge >= 0.3 is 0 Å². The molecule has 0 aromatic rings. The third-order valence-electron chi connectivity index (χ3n) is 4.30. The Kier molecular flexibility index (Phi) is 5.26. The largest absolute Gasteiger partial charge is 0.454 e. The lowest BCUT2D eigenvalue weighted by atomic mass is 9.82. The number of aliphatic hydroxyl groups excluding tert-OH is 2. The smallest absolute Gasteiger partial charge is 0.294 e. The molecule has 7 heteroatoms. The van der Waals surface area contributed by atoms with Crippen LogP contribution in [-0.4, -0.2) is 52.3 Å². The van der Waals surface area contributed by atoms with Gasteiger partial charge in [0.25, 0.3) is 12.4 Å². The Bertz CT molecular complexity index is 518. The van der Waals surface area contributed by atoms with Crippen LogP contribution in [0.1, 0.15) is 26.2 Å². The third kappa shape index (κ3) is 3.04. The lowest BCUT2D eigenvalue weighted by Crippen LogP contribution is -2.51. The number of aliphatic hydroxyl groups is 2. The predicted octanol–water partition coefficient (Wildman–Crippen LogP) is 0.414. The SMILES string of the molecule is C[C@]1(OC=O)/C(=C\CCl)C(=O)N[C@@H]1C(O)C1=CC(O)CCC1. The van der Waals surface area contributed by atoms with E-state index >= 15 is 0 Å². The zero-order chi connectivity index (χ0) is 16.3. The zero-order valence-corrected chi connectivity index (χ0v) is 13.0. The molecule has 0 radical (unpaired) electrons. The number of allylic oxidation sites excluding steroid dienone is 1. The Morgan fingerprint density at radius 2 is 2.36 bits per heavy atom. The van der Waals surface area contributed by atoms with E-state index in [0.29, 0.717) is 18.4 Å². The number of alkyl halides is 1. The maximum absolute atomic E-state index is 12.1. The summed E-state index contributed by atoms with van der Waals surface area (Å²) < 4.78 is 5.14. The van der Waals surface area contributed by atoms with Crippen LogP contribution in [0.4, 0.5) is 0 Å². The van der Waals surface area contributed by atoms with Crippen molar-refractivity contribution in [2.45, 2.75) is 50.0 Å². The quantitative estimate of drug-likeness (QED) is 0.294. The van der Waals surface area contributed by atoms with Crippen LogP contribution >= 0.6 is 11.6 Å². The zero-order valence-electron chi connectivity index (χ0n) is 12.3. The molecular weight excluding hydrogens is 310 g/mol. The minimum absolute atomic E-state index is 0.0881. The average molecular weight is 330 g/mol. The van der Waals surface area contributed by atoms with Crippen molar-refractivity contribution in [3.63, 3.8) is 0 Å². The molecule has 0 saturated carbocycles. The van der Waals surface area contributed by atoms with Gasteiger partial charge in [-0.05, 0) is 31.8 Å². The Balaban J connectivity index is 2.34. The first-order chi connectivity index (χ1) is 10.4. The van der Waals surface area contributed by atoms with Gasteiger partial charge in [0.2, 0.25) is 0 Å². The topological polar surface area (TPSA) is 95.9 Å². The number of rotatable bonds is 5. The molecule has 2 rings (SSSR count). The first-order valence-corrected chi connectivity index (χ1v) is 7.73. The second kappa shape index (κ2) is 6.81. The first-order valence-electron chi connectivity index (χ1n) is 7.19.